The van der Waals surface area contributed by atoms with Gasteiger partial charge in [0, 0.05) is 19.8 Å². The van der Waals surface area contributed by atoms with Crippen molar-refractivity contribution in [3.63, 3.8) is 0 Å². The van der Waals surface area contributed by atoms with Crippen molar-refractivity contribution in [2.75, 3.05) is 19.0 Å². The molecule has 1 heteroatoms. The van der Waals surface area contributed by atoms with Crippen LogP contribution in [-0.2, 0) is 6.42 Å². The molecular weight excluding hydrogens is 146 g/mol. The van der Waals surface area contributed by atoms with Crippen molar-refractivity contribution < 1.29 is 0 Å². The molecule has 12 heavy (non-hydrogen) atoms. The highest BCUT2D eigenvalue weighted by Gasteiger charge is 2.01. The molecule has 0 spiro atoms. The second kappa shape index (κ2) is 3.61. The van der Waals surface area contributed by atoms with Crippen LogP contribution in [0.3, 0.4) is 0 Å². The molecule has 66 valence electrons. The molecule has 0 aliphatic heterocycles. The summed E-state index contributed by atoms with van der Waals surface area (Å²) in [7, 11) is 4.18. The molecule has 0 heterocycles. The normalized spacial score (nSPS) is 10.0. The lowest BCUT2D eigenvalue weighted by Crippen LogP contribution is -2.11. The molecule has 0 aliphatic carbocycles. The van der Waals surface area contributed by atoms with Gasteiger partial charge in [-0.15, -0.1) is 0 Å². The molecule has 0 aromatic heterocycles. The van der Waals surface area contributed by atoms with Crippen LogP contribution in [0.25, 0.3) is 0 Å². The molecule has 0 amide bonds. The fourth-order valence-electron chi connectivity index (χ4n) is 1.39. The van der Waals surface area contributed by atoms with Crippen molar-refractivity contribution in [2.24, 2.45) is 0 Å². The van der Waals surface area contributed by atoms with Gasteiger partial charge in [-0.05, 0) is 30.5 Å². The van der Waals surface area contributed by atoms with Crippen LogP contribution < -0.4 is 4.90 Å². The van der Waals surface area contributed by atoms with E-state index in [4.69, 9.17) is 0 Å². The number of aryl methyl sites for hydroxylation is 2. The molecule has 1 rings (SSSR count). The Hall–Kier alpha value is -0.980. The average molecular weight is 163 g/mol. The Labute approximate surface area is 75.0 Å². The maximum Gasteiger partial charge on any atom is 0.0396 e. The van der Waals surface area contributed by atoms with E-state index in [9.17, 15) is 0 Å². The van der Waals surface area contributed by atoms with Gasteiger partial charge in [0.05, 0.1) is 0 Å². The van der Waals surface area contributed by atoms with Crippen LogP contribution in [0.5, 0.6) is 0 Å². The zero-order valence-corrected chi connectivity index (χ0v) is 8.39. The lowest BCUT2D eigenvalue weighted by molar-refractivity contribution is 1.06. The topological polar surface area (TPSA) is 3.24 Å². The van der Waals surface area contributed by atoms with Gasteiger partial charge in [-0.3, -0.25) is 0 Å². The van der Waals surface area contributed by atoms with Crippen LogP contribution in [0.2, 0.25) is 0 Å². The number of anilines is 1. The van der Waals surface area contributed by atoms with Crippen molar-refractivity contribution >= 4 is 5.69 Å². The van der Waals surface area contributed by atoms with Gasteiger partial charge in [0.25, 0.3) is 0 Å². The van der Waals surface area contributed by atoms with Crippen LogP contribution in [-0.4, -0.2) is 14.1 Å². The Morgan fingerprint density at radius 2 is 1.92 bits per heavy atom. The zero-order chi connectivity index (χ0) is 9.14. The molecule has 0 N–H and O–H groups in total. The quantitative estimate of drug-likeness (QED) is 0.648. The van der Waals surface area contributed by atoms with Crippen molar-refractivity contribution in [1.29, 1.82) is 0 Å². The van der Waals surface area contributed by atoms with Gasteiger partial charge in [-0.25, -0.2) is 0 Å². The van der Waals surface area contributed by atoms with Crippen LogP contribution in [0, 0.1) is 6.92 Å². The van der Waals surface area contributed by atoms with Gasteiger partial charge in [0.1, 0.15) is 0 Å². The monoisotopic (exact) mass is 163 g/mol. The fourth-order valence-corrected chi connectivity index (χ4v) is 1.39. The van der Waals surface area contributed by atoms with Crippen molar-refractivity contribution in [3.05, 3.63) is 29.3 Å². The Bertz CT molecular complexity index is 264. The van der Waals surface area contributed by atoms with Gasteiger partial charge >= 0.3 is 0 Å². The van der Waals surface area contributed by atoms with Crippen LogP contribution in [0.1, 0.15) is 18.1 Å². The van der Waals surface area contributed by atoms with Crippen LogP contribution in [0.4, 0.5) is 5.69 Å². The molecule has 0 unspecified atom stereocenters. The molecule has 0 saturated carbocycles. The summed E-state index contributed by atoms with van der Waals surface area (Å²) in [4.78, 5) is 2.17. The Kier molecular flexibility index (Phi) is 2.74. The summed E-state index contributed by atoms with van der Waals surface area (Å²) in [5.41, 5.74) is 4.10. The minimum absolute atomic E-state index is 1.10. The van der Waals surface area contributed by atoms with E-state index in [0.717, 1.165) is 6.42 Å². The molecule has 0 bridgehead atoms. The fraction of sp³-hybridized carbons (Fsp3) is 0.455. The summed E-state index contributed by atoms with van der Waals surface area (Å²) in [6.45, 7) is 4.32. The summed E-state index contributed by atoms with van der Waals surface area (Å²) in [6, 6.07) is 6.62. The van der Waals surface area contributed by atoms with Gasteiger partial charge in [-0.1, -0.05) is 19.1 Å². The summed E-state index contributed by atoms with van der Waals surface area (Å²) in [5, 5.41) is 0. The average Bonchev–Trinajstić information content (AvgIpc) is 2.04. The van der Waals surface area contributed by atoms with Crippen LogP contribution >= 0.6 is 0 Å². The molecule has 0 atom stereocenters. The first-order chi connectivity index (χ1) is 5.65. The summed E-state index contributed by atoms with van der Waals surface area (Å²) >= 11 is 0. The molecular formula is C11H17N. The van der Waals surface area contributed by atoms with E-state index >= 15 is 0 Å². The third-order valence-electron chi connectivity index (χ3n) is 2.10. The SMILES string of the molecule is CCc1ccc(C)cc1N(C)C. The van der Waals surface area contributed by atoms with E-state index in [-0.39, 0.29) is 0 Å². The first kappa shape index (κ1) is 9.11. The Morgan fingerprint density at radius 3 is 2.42 bits per heavy atom. The zero-order valence-electron chi connectivity index (χ0n) is 8.39. The largest absolute Gasteiger partial charge is 0.377 e. The number of hydrogen-bond donors (Lipinski definition) is 0. The summed E-state index contributed by atoms with van der Waals surface area (Å²) in [5.74, 6) is 0. The summed E-state index contributed by atoms with van der Waals surface area (Å²) in [6.07, 6.45) is 1.10. The van der Waals surface area contributed by atoms with Crippen molar-refractivity contribution in [2.45, 2.75) is 20.3 Å². The van der Waals surface area contributed by atoms with E-state index in [1.54, 1.807) is 0 Å². The molecule has 0 aliphatic rings. The molecule has 0 fully saturated rings. The number of hydrogen-bond acceptors (Lipinski definition) is 1. The van der Waals surface area contributed by atoms with Crippen LogP contribution in [0.15, 0.2) is 18.2 Å². The minimum atomic E-state index is 1.10. The Balaban J connectivity index is 3.12. The minimum Gasteiger partial charge on any atom is -0.377 e. The van der Waals surface area contributed by atoms with E-state index in [2.05, 4.69) is 51.0 Å². The molecule has 0 radical (unpaired) electrons. The van der Waals surface area contributed by atoms with E-state index in [0.29, 0.717) is 0 Å². The first-order valence-electron chi connectivity index (χ1n) is 4.42. The predicted octanol–water partition coefficient (Wildman–Crippen LogP) is 2.62. The highest BCUT2D eigenvalue weighted by Crippen LogP contribution is 2.20. The highest BCUT2D eigenvalue weighted by atomic mass is 15.1. The van der Waals surface area contributed by atoms with Crippen molar-refractivity contribution in [1.82, 2.24) is 0 Å². The van der Waals surface area contributed by atoms with Gasteiger partial charge in [-0.2, -0.15) is 0 Å². The molecule has 1 aromatic rings. The highest BCUT2D eigenvalue weighted by molar-refractivity contribution is 5.54. The van der Waals surface area contributed by atoms with Gasteiger partial charge < -0.3 is 4.90 Å². The van der Waals surface area contributed by atoms with E-state index in [1.165, 1.54) is 16.8 Å². The van der Waals surface area contributed by atoms with E-state index < -0.39 is 0 Å². The Morgan fingerprint density at radius 1 is 1.25 bits per heavy atom. The molecule has 0 saturated heterocycles. The second-order valence-corrected chi connectivity index (χ2v) is 3.38. The van der Waals surface area contributed by atoms with Gasteiger partial charge in [0.15, 0.2) is 0 Å². The van der Waals surface area contributed by atoms with Gasteiger partial charge in [0.2, 0.25) is 0 Å². The first-order valence-corrected chi connectivity index (χ1v) is 4.42. The maximum absolute atomic E-state index is 2.23. The molecule has 1 aromatic carbocycles. The van der Waals surface area contributed by atoms with Crippen molar-refractivity contribution in [3.8, 4) is 0 Å². The van der Waals surface area contributed by atoms with E-state index in [1.807, 2.05) is 0 Å². The third kappa shape index (κ3) is 1.79. The number of rotatable bonds is 2. The smallest absolute Gasteiger partial charge is 0.0396 e. The standard InChI is InChI=1S/C11H17N/c1-5-10-7-6-9(2)8-11(10)12(3)4/h6-8H,5H2,1-4H3. The lowest BCUT2D eigenvalue weighted by atomic mass is 10.1. The number of benzene rings is 1. The molecule has 1 nitrogen and oxygen atoms in total. The lowest BCUT2D eigenvalue weighted by Gasteiger charge is -2.17. The summed E-state index contributed by atoms with van der Waals surface area (Å²) < 4.78 is 0. The second-order valence-electron chi connectivity index (χ2n) is 3.38. The third-order valence-corrected chi connectivity index (χ3v) is 2.10. The maximum atomic E-state index is 2.23. The predicted molar refractivity (Wildman–Crippen MR) is 54.9 cm³/mol. The number of nitrogens with zero attached hydrogens (tertiary/aromatic N) is 1.